The second-order valence-corrected chi connectivity index (χ2v) is 9.08. The number of nitrogens with one attached hydrogen (secondary N) is 1. The average molecular weight is 531 g/mol. The Morgan fingerprint density at radius 1 is 1.09 bits per heavy atom. The van der Waals surface area contributed by atoms with Crippen LogP contribution < -0.4 is 14.8 Å². The highest BCUT2D eigenvalue weighted by atomic mass is 79.9. The lowest BCUT2D eigenvalue weighted by Gasteiger charge is -2.35. The molecule has 1 aliphatic carbocycles. The van der Waals surface area contributed by atoms with Crippen LogP contribution in [0.25, 0.3) is 6.08 Å². The molecule has 1 aliphatic heterocycles. The van der Waals surface area contributed by atoms with E-state index < -0.39 is 17.8 Å². The number of carbonyl (C=O) groups is 3. The molecule has 2 aliphatic rings. The van der Waals surface area contributed by atoms with Gasteiger partial charge in [-0.05, 0) is 54.3 Å². The number of ether oxygens (including phenoxy) is 2. The molecule has 2 fully saturated rings. The zero-order valence-corrected chi connectivity index (χ0v) is 20.2. The average Bonchev–Trinajstić information content (AvgIpc) is 2.83. The smallest absolute Gasteiger partial charge is 0.331 e. The van der Waals surface area contributed by atoms with Gasteiger partial charge < -0.3 is 9.47 Å². The monoisotopic (exact) mass is 530 g/mol. The SMILES string of the molecule is COc1cc(C=C2C(=O)NC(=O)N(C3CCCCC3)C2=O)c(Br)cc1OCc1ccc(F)cc1. The Bertz CT molecular complexity index is 1140. The Hall–Kier alpha value is -3.20. The summed E-state index contributed by atoms with van der Waals surface area (Å²) in [6, 6.07) is 8.40. The Morgan fingerprint density at radius 2 is 1.79 bits per heavy atom. The highest BCUT2D eigenvalue weighted by Gasteiger charge is 2.40. The summed E-state index contributed by atoms with van der Waals surface area (Å²) in [6.45, 7) is 0.197. The molecule has 0 spiro atoms. The number of urea groups is 1. The normalized spacial score (nSPS) is 18.3. The number of halogens is 2. The van der Waals surface area contributed by atoms with Crippen molar-refractivity contribution in [2.75, 3.05) is 7.11 Å². The number of hydrogen-bond donors (Lipinski definition) is 1. The zero-order chi connectivity index (χ0) is 24.2. The van der Waals surface area contributed by atoms with Crippen molar-refractivity contribution in [3.8, 4) is 11.5 Å². The van der Waals surface area contributed by atoms with Gasteiger partial charge in [-0.2, -0.15) is 0 Å². The molecule has 4 amide bonds. The molecule has 0 bridgehead atoms. The quantitative estimate of drug-likeness (QED) is 0.421. The van der Waals surface area contributed by atoms with Crippen molar-refractivity contribution in [1.82, 2.24) is 10.2 Å². The number of barbiturate groups is 1. The van der Waals surface area contributed by atoms with Crippen molar-refractivity contribution in [2.24, 2.45) is 0 Å². The summed E-state index contributed by atoms with van der Waals surface area (Å²) >= 11 is 3.46. The number of amides is 4. The molecule has 9 heteroatoms. The largest absolute Gasteiger partial charge is 0.493 e. The molecule has 1 heterocycles. The van der Waals surface area contributed by atoms with Crippen LogP contribution in [0, 0.1) is 5.82 Å². The van der Waals surface area contributed by atoms with Gasteiger partial charge in [-0.15, -0.1) is 0 Å². The van der Waals surface area contributed by atoms with E-state index in [9.17, 15) is 18.8 Å². The fourth-order valence-electron chi connectivity index (χ4n) is 4.17. The second-order valence-electron chi connectivity index (χ2n) is 8.22. The first-order valence-corrected chi connectivity index (χ1v) is 11.8. The van der Waals surface area contributed by atoms with Crippen molar-refractivity contribution >= 4 is 39.9 Å². The maximum absolute atomic E-state index is 13.1. The van der Waals surface area contributed by atoms with Gasteiger partial charge in [0.05, 0.1) is 7.11 Å². The van der Waals surface area contributed by atoms with Gasteiger partial charge in [0.25, 0.3) is 11.8 Å². The molecule has 7 nitrogen and oxygen atoms in total. The molecule has 178 valence electrons. The predicted octanol–water partition coefficient (Wildman–Crippen LogP) is 4.97. The van der Waals surface area contributed by atoms with Crippen molar-refractivity contribution in [2.45, 2.75) is 44.8 Å². The molecule has 1 saturated heterocycles. The van der Waals surface area contributed by atoms with Gasteiger partial charge in [0.15, 0.2) is 11.5 Å². The van der Waals surface area contributed by atoms with Gasteiger partial charge in [0.2, 0.25) is 0 Å². The van der Waals surface area contributed by atoms with E-state index in [0.29, 0.717) is 21.5 Å². The predicted molar refractivity (Wildman–Crippen MR) is 127 cm³/mol. The summed E-state index contributed by atoms with van der Waals surface area (Å²) in [6.07, 6.45) is 5.87. The summed E-state index contributed by atoms with van der Waals surface area (Å²) in [4.78, 5) is 39.3. The second kappa shape index (κ2) is 10.4. The van der Waals surface area contributed by atoms with Crippen LogP contribution in [0.5, 0.6) is 11.5 Å². The number of methoxy groups -OCH3 is 1. The van der Waals surface area contributed by atoms with Crippen LogP contribution in [-0.4, -0.2) is 35.9 Å². The first kappa shape index (κ1) is 23.9. The number of imide groups is 2. The molecular weight excluding hydrogens is 507 g/mol. The third-order valence-corrected chi connectivity index (χ3v) is 6.65. The summed E-state index contributed by atoms with van der Waals surface area (Å²) in [7, 11) is 1.48. The van der Waals surface area contributed by atoms with E-state index >= 15 is 0 Å². The fraction of sp³-hybridized carbons (Fsp3) is 0.320. The minimum absolute atomic E-state index is 0.118. The van der Waals surface area contributed by atoms with E-state index in [2.05, 4.69) is 21.2 Å². The Labute approximate surface area is 205 Å². The van der Waals surface area contributed by atoms with Gasteiger partial charge >= 0.3 is 6.03 Å². The molecule has 2 aromatic rings. The summed E-state index contributed by atoms with van der Waals surface area (Å²) in [5, 5.41) is 2.29. The van der Waals surface area contributed by atoms with Crippen molar-refractivity contribution < 1.29 is 28.2 Å². The molecule has 2 aromatic carbocycles. The van der Waals surface area contributed by atoms with Crippen LogP contribution in [0.15, 0.2) is 46.4 Å². The molecule has 34 heavy (non-hydrogen) atoms. The molecule has 4 rings (SSSR count). The van der Waals surface area contributed by atoms with Gasteiger partial charge in [0.1, 0.15) is 18.0 Å². The number of benzene rings is 2. The van der Waals surface area contributed by atoms with Crippen molar-refractivity contribution in [1.29, 1.82) is 0 Å². The molecule has 0 unspecified atom stereocenters. The van der Waals surface area contributed by atoms with E-state index in [1.807, 2.05) is 0 Å². The van der Waals surface area contributed by atoms with E-state index in [4.69, 9.17) is 9.47 Å². The lowest BCUT2D eigenvalue weighted by Crippen LogP contribution is -2.58. The van der Waals surface area contributed by atoms with Crippen molar-refractivity contribution in [3.05, 3.63) is 63.4 Å². The molecule has 0 radical (unpaired) electrons. The minimum Gasteiger partial charge on any atom is -0.493 e. The van der Waals surface area contributed by atoms with E-state index in [-0.39, 0.29) is 24.0 Å². The molecule has 0 atom stereocenters. The number of carbonyl (C=O) groups excluding carboxylic acids is 3. The van der Waals surface area contributed by atoms with E-state index in [1.165, 1.54) is 30.2 Å². The maximum atomic E-state index is 13.1. The van der Waals surface area contributed by atoms with Gasteiger partial charge in [-0.1, -0.05) is 47.3 Å². The topological polar surface area (TPSA) is 84.9 Å². The maximum Gasteiger partial charge on any atom is 0.331 e. The molecule has 1 N–H and O–H groups in total. The van der Waals surface area contributed by atoms with Crippen LogP contribution in [0.1, 0.15) is 43.2 Å². The molecule has 0 aromatic heterocycles. The van der Waals surface area contributed by atoms with Crippen LogP contribution in [0.2, 0.25) is 0 Å². The number of nitrogens with zero attached hydrogens (tertiary/aromatic N) is 1. The summed E-state index contributed by atoms with van der Waals surface area (Å²) in [5.41, 5.74) is 1.18. The lowest BCUT2D eigenvalue weighted by atomic mass is 9.93. The third-order valence-electron chi connectivity index (χ3n) is 5.96. The molecular formula is C25H24BrFN2O5. The lowest BCUT2D eigenvalue weighted by molar-refractivity contribution is -0.132. The van der Waals surface area contributed by atoms with Gasteiger partial charge in [0, 0.05) is 10.5 Å². The van der Waals surface area contributed by atoms with Crippen LogP contribution in [-0.2, 0) is 16.2 Å². The highest BCUT2D eigenvalue weighted by molar-refractivity contribution is 9.10. The van der Waals surface area contributed by atoms with E-state index in [0.717, 1.165) is 37.7 Å². The fourth-order valence-corrected chi connectivity index (χ4v) is 4.61. The minimum atomic E-state index is -0.732. The Morgan fingerprint density at radius 3 is 2.47 bits per heavy atom. The van der Waals surface area contributed by atoms with Crippen LogP contribution >= 0.6 is 15.9 Å². The highest BCUT2D eigenvalue weighted by Crippen LogP contribution is 2.36. The van der Waals surface area contributed by atoms with Crippen LogP contribution in [0.3, 0.4) is 0 Å². The standard InChI is InChI=1S/C25H24BrFN2O5/c1-33-21-12-16(20(26)13-22(21)34-14-15-7-9-17(27)10-8-15)11-19-23(30)28-25(32)29(24(19)31)18-5-3-2-4-6-18/h7-13,18H,2-6,14H2,1H3,(H,28,30,32). The third kappa shape index (κ3) is 5.14. The summed E-state index contributed by atoms with van der Waals surface area (Å²) < 4.78 is 25.0. The Kier molecular flexibility index (Phi) is 7.31. The first-order chi connectivity index (χ1) is 16.4. The van der Waals surface area contributed by atoms with Crippen molar-refractivity contribution in [3.63, 3.8) is 0 Å². The van der Waals surface area contributed by atoms with Crippen LogP contribution in [0.4, 0.5) is 9.18 Å². The van der Waals surface area contributed by atoms with Gasteiger partial charge in [-0.3, -0.25) is 19.8 Å². The number of rotatable bonds is 6. The first-order valence-electron chi connectivity index (χ1n) is 11.0. The summed E-state index contributed by atoms with van der Waals surface area (Å²) in [5.74, 6) is -0.834. The number of hydrogen-bond acceptors (Lipinski definition) is 5. The Balaban J connectivity index is 1.59. The zero-order valence-electron chi connectivity index (χ0n) is 18.6. The molecule has 1 saturated carbocycles. The van der Waals surface area contributed by atoms with E-state index in [1.54, 1.807) is 24.3 Å². The van der Waals surface area contributed by atoms with Gasteiger partial charge in [-0.25, -0.2) is 9.18 Å².